The summed E-state index contributed by atoms with van der Waals surface area (Å²) in [5, 5.41) is 34.9. The Morgan fingerprint density at radius 3 is 0.767 bits per heavy atom. The molecule has 0 spiro atoms. The molecular weight excluding hydrogens is 943 g/mol. The first-order valence-electron chi connectivity index (χ1n) is 27.1. The number of nitrogens with zero attached hydrogens (tertiary/aromatic N) is 3. The van der Waals surface area contributed by atoms with Crippen LogP contribution in [0.25, 0.3) is 0 Å². The Balaban J connectivity index is 0.000000550. The lowest BCUT2D eigenvalue weighted by Crippen LogP contribution is -2.60. The molecule has 0 aromatic rings. The molecule has 0 aromatic heterocycles. The SMILES string of the molecule is CCOC(=O)CCCCCCCCC(=O)OC1CC(C)(C)N(O)C(C)(C)C1.COC(=O)CCCCC(=O)OC1CC(C)(C)N(O)C(C)(C)C1.COC(=O)CCCCCCC(=O)OC1CC(C)(C)N(O)C(C)(C)C1. The third-order valence-corrected chi connectivity index (χ3v) is 14.0. The zero-order chi connectivity index (χ0) is 55.8. The Morgan fingerprint density at radius 2 is 0.548 bits per heavy atom. The lowest BCUT2D eigenvalue weighted by atomic mass is 9.80. The second kappa shape index (κ2) is 31.6. The first-order chi connectivity index (χ1) is 33.7. The molecule has 3 heterocycles. The van der Waals surface area contributed by atoms with E-state index in [0.717, 1.165) is 64.2 Å². The maximum Gasteiger partial charge on any atom is 0.306 e. The van der Waals surface area contributed by atoms with Crippen LogP contribution in [0.1, 0.15) is 244 Å². The third-order valence-electron chi connectivity index (χ3n) is 14.0. The fourth-order valence-corrected chi connectivity index (χ4v) is 10.6. The molecule has 3 saturated heterocycles. The summed E-state index contributed by atoms with van der Waals surface area (Å²) in [6.07, 6.45) is 16.1. The van der Waals surface area contributed by atoms with Gasteiger partial charge in [0, 0.05) is 110 Å². The minimum Gasteiger partial charge on any atom is -0.469 e. The van der Waals surface area contributed by atoms with Gasteiger partial charge in [-0.25, -0.2) is 0 Å². The summed E-state index contributed by atoms with van der Waals surface area (Å²) < 4.78 is 30.9. The molecule has 0 amide bonds. The van der Waals surface area contributed by atoms with Crippen LogP contribution < -0.4 is 0 Å². The largest absolute Gasteiger partial charge is 0.469 e. The Labute approximate surface area is 439 Å². The molecule has 0 radical (unpaired) electrons. The van der Waals surface area contributed by atoms with Crippen molar-refractivity contribution in [1.29, 1.82) is 0 Å². The molecule has 0 aromatic carbocycles. The van der Waals surface area contributed by atoms with Crippen LogP contribution in [0.3, 0.4) is 0 Å². The summed E-state index contributed by atoms with van der Waals surface area (Å²) in [7, 11) is 2.75. The molecule has 0 bridgehead atoms. The van der Waals surface area contributed by atoms with Crippen molar-refractivity contribution in [1.82, 2.24) is 15.2 Å². The highest BCUT2D eigenvalue weighted by Gasteiger charge is 2.48. The number of hydrogen-bond donors (Lipinski definition) is 3. The predicted octanol–water partition coefficient (Wildman–Crippen LogP) is 10.8. The van der Waals surface area contributed by atoms with Crippen LogP contribution in [-0.4, -0.2) is 139 Å². The van der Waals surface area contributed by atoms with Gasteiger partial charge in [0.15, 0.2) is 0 Å². The van der Waals surface area contributed by atoms with Gasteiger partial charge in [-0.15, -0.1) is 0 Å². The fourth-order valence-electron chi connectivity index (χ4n) is 10.6. The molecule has 0 aliphatic carbocycles. The van der Waals surface area contributed by atoms with Crippen molar-refractivity contribution in [2.24, 2.45) is 0 Å². The van der Waals surface area contributed by atoms with Crippen LogP contribution in [0.15, 0.2) is 0 Å². The quantitative estimate of drug-likeness (QED) is 0.0439. The summed E-state index contributed by atoms with van der Waals surface area (Å²) in [5.74, 6) is -1.11. The van der Waals surface area contributed by atoms with Crippen molar-refractivity contribution in [3.05, 3.63) is 0 Å². The van der Waals surface area contributed by atoms with Gasteiger partial charge in [0.2, 0.25) is 0 Å². The number of rotatable bonds is 25. The van der Waals surface area contributed by atoms with E-state index < -0.39 is 33.2 Å². The number of methoxy groups -OCH3 is 2. The van der Waals surface area contributed by atoms with Gasteiger partial charge in [0.25, 0.3) is 0 Å². The molecule has 3 aliphatic heterocycles. The average Bonchev–Trinajstić information content (AvgIpc) is 3.27. The summed E-state index contributed by atoms with van der Waals surface area (Å²) in [6, 6.07) is 0. The Morgan fingerprint density at radius 1 is 0.356 bits per heavy atom. The molecule has 0 atom stereocenters. The highest BCUT2D eigenvalue weighted by atomic mass is 16.6. The van der Waals surface area contributed by atoms with E-state index in [0.29, 0.717) is 96.5 Å². The van der Waals surface area contributed by atoms with Crippen molar-refractivity contribution in [3.8, 4) is 0 Å². The molecule has 73 heavy (non-hydrogen) atoms. The van der Waals surface area contributed by atoms with Crippen molar-refractivity contribution < 1.29 is 72.8 Å². The number of hydrogen-bond acceptors (Lipinski definition) is 18. The maximum atomic E-state index is 12.1. The van der Waals surface area contributed by atoms with Crippen LogP contribution in [0, 0.1) is 0 Å². The van der Waals surface area contributed by atoms with Gasteiger partial charge in [-0.1, -0.05) is 38.5 Å². The standard InChI is InChI=1S/C21H39NO5.C18H33NO5.C16H29NO5/c1-6-26-18(23)13-11-9-7-8-10-12-14-19(24)27-17-15-20(2,3)22(25)21(4,5)16-17;1-17(2)12-14(13-18(3,4)19(17)22)24-16(21)11-9-7-6-8-10-15(20)23-5;1-15(2)10-12(11-16(3,4)17(15)20)22-14(19)9-7-6-8-13(18)21-5/h17,25H,6-16H2,1-5H3;14,22H,6-13H2,1-5H3;12,20H,6-11H2,1-5H3. The number of carbonyl (C=O) groups excluding carboxylic acids is 6. The van der Waals surface area contributed by atoms with Crippen molar-refractivity contribution in [2.45, 2.75) is 296 Å². The Kier molecular flexibility index (Phi) is 29.2. The highest BCUT2D eigenvalue weighted by molar-refractivity contribution is 5.71. The molecule has 0 unspecified atom stereocenters. The second-order valence-corrected chi connectivity index (χ2v) is 24.1. The molecule has 3 rings (SSSR count). The minimum atomic E-state index is -0.433. The van der Waals surface area contributed by atoms with Crippen LogP contribution in [0.2, 0.25) is 0 Å². The van der Waals surface area contributed by atoms with Crippen LogP contribution in [-0.2, 0) is 57.2 Å². The molecule has 426 valence electrons. The minimum absolute atomic E-state index is 0.112. The van der Waals surface area contributed by atoms with Gasteiger partial charge in [-0.3, -0.25) is 28.8 Å². The summed E-state index contributed by atoms with van der Waals surface area (Å²) in [6.45, 7) is 25.7. The monoisotopic (exact) mass is 1040 g/mol. The van der Waals surface area contributed by atoms with Gasteiger partial charge < -0.3 is 44.0 Å². The van der Waals surface area contributed by atoms with Gasteiger partial charge in [0.05, 0.1) is 20.8 Å². The van der Waals surface area contributed by atoms with Gasteiger partial charge >= 0.3 is 35.8 Å². The van der Waals surface area contributed by atoms with Crippen molar-refractivity contribution in [2.75, 3.05) is 20.8 Å². The number of esters is 6. The Hall–Kier alpha value is -3.42. The zero-order valence-electron chi connectivity index (χ0n) is 48.0. The lowest BCUT2D eigenvalue weighted by Gasteiger charge is -2.50. The van der Waals surface area contributed by atoms with Crippen LogP contribution >= 0.6 is 0 Å². The maximum absolute atomic E-state index is 12.1. The second-order valence-electron chi connectivity index (χ2n) is 24.1. The summed E-state index contributed by atoms with van der Waals surface area (Å²) in [5.41, 5.74) is -2.51. The van der Waals surface area contributed by atoms with Crippen LogP contribution in [0.4, 0.5) is 0 Å². The van der Waals surface area contributed by atoms with Crippen molar-refractivity contribution in [3.63, 3.8) is 0 Å². The summed E-state index contributed by atoms with van der Waals surface area (Å²) in [4.78, 5) is 69.3. The number of piperidine rings is 3. The molecular formula is C55H101N3O15. The van der Waals surface area contributed by atoms with E-state index in [4.69, 9.17) is 18.9 Å². The number of ether oxygens (including phenoxy) is 6. The molecule has 18 nitrogen and oxygen atoms in total. The lowest BCUT2D eigenvalue weighted by molar-refractivity contribution is -0.259. The zero-order valence-corrected chi connectivity index (χ0v) is 48.0. The predicted molar refractivity (Wildman–Crippen MR) is 276 cm³/mol. The number of carbonyl (C=O) groups is 6. The Bertz CT molecular complexity index is 1640. The smallest absolute Gasteiger partial charge is 0.306 e. The van der Waals surface area contributed by atoms with Gasteiger partial charge in [-0.05, 0) is 129 Å². The van der Waals surface area contributed by atoms with E-state index in [9.17, 15) is 44.4 Å². The summed E-state index contributed by atoms with van der Waals surface area (Å²) >= 11 is 0. The van der Waals surface area contributed by atoms with E-state index >= 15 is 0 Å². The fraction of sp³-hybridized carbons (Fsp3) is 0.891. The highest BCUT2D eigenvalue weighted by Crippen LogP contribution is 2.40. The van der Waals surface area contributed by atoms with E-state index in [-0.39, 0.29) is 54.1 Å². The molecule has 3 aliphatic rings. The van der Waals surface area contributed by atoms with Crippen molar-refractivity contribution >= 4 is 35.8 Å². The molecule has 3 fully saturated rings. The number of unbranched alkanes of at least 4 members (excludes halogenated alkanes) is 9. The molecule has 0 saturated carbocycles. The first-order valence-corrected chi connectivity index (χ1v) is 27.1. The third kappa shape index (κ3) is 25.8. The molecule has 18 heteroatoms. The average molecular weight is 1040 g/mol. The van der Waals surface area contributed by atoms with E-state index in [2.05, 4.69) is 9.47 Å². The van der Waals surface area contributed by atoms with E-state index in [1.54, 1.807) is 0 Å². The van der Waals surface area contributed by atoms with E-state index in [1.165, 1.54) is 29.4 Å². The topological polar surface area (TPSA) is 228 Å². The van der Waals surface area contributed by atoms with Crippen LogP contribution in [0.5, 0.6) is 0 Å². The van der Waals surface area contributed by atoms with Gasteiger partial charge in [0.1, 0.15) is 18.3 Å². The molecule has 3 N–H and O–H groups in total. The van der Waals surface area contributed by atoms with E-state index in [1.807, 2.05) is 90.0 Å². The first kappa shape index (κ1) is 67.6. The number of hydroxylamine groups is 6. The normalized spacial score (nSPS) is 20.5. The van der Waals surface area contributed by atoms with Gasteiger partial charge in [-0.2, -0.15) is 15.2 Å².